The van der Waals surface area contributed by atoms with E-state index in [0.29, 0.717) is 18.7 Å². The van der Waals surface area contributed by atoms with Gasteiger partial charge in [-0.15, -0.1) is 0 Å². The fraction of sp³-hybridized carbons (Fsp3) is 0.370. The molecule has 2 saturated heterocycles. The van der Waals surface area contributed by atoms with E-state index in [9.17, 15) is 9.59 Å². The van der Waals surface area contributed by atoms with Crippen molar-refractivity contribution in [2.24, 2.45) is 0 Å². The molecular weight excluding hydrogens is 414 g/mol. The predicted octanol–water partition coefficient (Wildman–Crippen LogP) is 3.75. The van der Waals surface area contributed by atoms with Crippen LogP contribution in [0.2, 0.25) is 0 Å². The summed E-state index contributed by atoms with van der Waals surface area (Å²) in [4.78, 5) is 31.2. The van der Waals surface area contributed by atoms with E-state index in [1.165, 1.54) is 10.8 Å². The van der Waals surface area contributed by atoms with Crippen molar-refractivity contribution in [3.8, 4) is 0 Å². The molecule has 2 fully saturated rings. The van der Waals surface area contributed by atoms with Crippen molar-refractivity contribution in [1.29, 1.82) is 0 Å². The number of nitrogens with zero attached hydrogens (tertiary/aromatic N) is 2. The topological polar surface area (TPSA) is 71.5 Å². The van der Waals surface area contributed by atoms with Crippen LogP contribution in [0.3, 0.4) is 0 Å². The van der Waals surface area contributed by atoms with Gasteiger partial charge in [0.15, 0.2) is 0 Å². The van der Waals surface area contributed by atoms with Crippen LogP contribution in [0.15, 0.2) is 66.9 Å². The number of carbonyl (C=O) groups is 2. The van der Waals surface area contributed by atoms with Crippen LogP contribution in [0.1, 0.15) is 41.7 Å². The van der Waals surface area contributed by atoms with Crippen molar-refractivity contribution in [2.45, 2.75) is 43.8 Å². The average molecular weight is 444 g/mol. The SMILES string of the molecule is O=C(NC[C@@H]1CCC2(CCN(C(=O)Cc3ccc4ccccc4c3)CC2)O1)c1ccccn1. The standard InChI is InChI=1S/C27H29N3O3/c31-25(18-20-8-9-21-5-1-2-6-22(21)17-20)30-15-12-27(13-16-30)11-10-23(33-27)19-29-26(32)24-7-3-4-14-28-24/h1-9,14,17,23H,10-13,15-16,18-19H2,(H,29,32)/t23-/m0/s1. The van der Waals surface area contributed by atoms with Crippen molar-refractivity contribution in [3.63, 3.8) is 0 Å². The number of fused-ring (bicyclic) bond motifs is 1. The van der Waals surface area contributed by atoms with Gasteiger partial charge < -0.3 is 15.0 Å². The van der Waals surface area contributed by atoms with E-state index in [1.54, 1.807) is 24.4 Å². The first-order valence-electron chi connectivity index (χ1n) is 11.7. The van der Waals surface area contributed by atoms with Gasteiger partial charge in [0, 0.05) is 25.8 Å². The lowest BCUT2D eigenvalue weighted by atomic mass is 9.88. The first-order chi connectivity index (χ1) is 16.1. The Morgan fingerprint density at radius 1 is 1.00 bits per heavy atom. The minimum absolute atomic E-state index is 0.0116. The number of piperidine rings is 1. The number of hydrogen-bond acceptors (Lipinski definition) is 4. The molecule has 2 amide bonds. The molecule has 1 aromatic heterocycles. The first-order valence-corrected chi connectivity index (χ1v) is 11.7. The van der Waals surface area contributed by atoms with E-state index in [0.717, 1.165) is 44.3 Å². The van der Waals surface area contributed by atoms with Crippen LogP contribution in [0, 0.1) is 0 Å². The number of hydrogen-bond donors (Lipinski definition) is 1. The van der Waals surface area contributed by atoms with Gasteiger partial charge in [-0.1, -0.05) is 48.5 Å². The normalized spacial score (nSPS) is 19.6. The van der Waals surface area contributed by atoms with Crippen LogP contribution >= 0.6 is 0 Å². The lowest BCUT2D eigenvalue weighted by Gasteiger charge is -2.39. The summed E-state index contributed by atoms with van der Waals surface area (Å²) in [6.45, 7) is 1.93. The molecule has 6 nitrogen and oxygen atoms in total. The molecule has 3 aromatic rings. The maximum atomic E-state index is 12.9. The predicted molar refractivity (Wildman–Crippen MR) is 127 cm³/mol. The van der Waals surface area contributed by atoms with E-state index in [1.807, 2.05) is 17.0 Å². The summed E-state index contributed by atoms with van der Waals surface area (Å²) in [5, 5.41) is 5.30. The number of pyridine rings is 1. The third-order valence-electron chi connectivity index (χ3n) is 6.92. The number of carbonyl (C=O) groups excluding carboxylic acids is 2. The molecule has 0 bridgehead atoms. The van der Waals surface area contributed by atoms with Crippen molar-refractivity contribution < 1.29 is 14.3 Å². The van der Waals surface area contributed by atoms with Crippen LogP contribution in [0.4, 0.5) is 0 Å². The molecule has 2 aliphatic heterocycles. The highest BCUT2D eigenvalue weighted by molar-refractivity contribution is 5.92. The smallest absolute Gasteiger partial charge is 0.269 e. The number of likely N-dealkylation sites (tertiary alicyclic amines) is 1. The molecule has 1 N–H and O–H groups in total. The van der Waals surface area contributed by atoms with E-state index < -0.39 is 0 Å². The fourth-order valence-electron chi connectivity index (χ4n) is 5.00. The number of ether oxygens (including phenoxy) is 1. The maximum Gasteiger partial charge on any atom is 0.269 e. The number of amides is 2. The third kappa shape index (κ3) is 4.91. The number of benzene rings is 2. The second kappa shape index (κ2) is 9.32. The van der Waals surface area contributed by atoms with Crippen molar-refractivity contribution >= 4 is 22.6 Å². The minimum Gasteiger partial charge on any atom is -0.370 e. The molecule has 0 saturated carbocycles. The molecule has 1 atom stereocenters. The Hall–Kier alpha value is -3.25. The van der Waals surface area contributed by atoms with Crippen LogP contribution in [-0.2, 0) is 16.0 Å². The van der Waals surface area contributed by atoms with Gasteiger partial charge >= 0.3 is 0 Å². The Morgan fingerprint density at radius 3 is 2.58 bits per heavy atom. The van der Waals surface area contributed by atoms with Crippen LogP contribution in [0.5, 0.6) is 0 Å². The Labute approximate surface area is 194 Å². The van der Waals surface area contributed by atoms with E-state index in [-0.39, 0.29) is 23.5 Å². The van der Waals surface area contributed by atoms with Crippen LogP contribution in [0.25, 0.3) is 10.8 Å². The summed E-state index contributed by atoms with van der Waals surface area (Å²) in [7, 11) is 0. The molecule has 1 spiro atoms. The Kier molecular flexibility index (Phi) is 6.09. The van der Waals surface area contributed by atoms with Gasteiger partial charge in [-0.05, 0) is 54.2 Å². The molecule has 170 valence electrons. The van der Waals surface area contributed by atoms with Gasteiger partial charge in [0.2, 0.25) is 5.91 Å². The molecule has 0 radical (unpaired) electrons. The Balaban J connectivity index is 1.10. The number of rotatable bonds is 5. The molecular formula is C27H29N3O3. The zero-order valence-corrected chi connectivity index (χ0v) is 18.7. The lowest BCUT2D eigenvalue weighted by Crippen LogP contribution is -2.47. The van der Waals surface area contributed by atoms with E-state index in [2.05, 4.69) is 40.6 Å². The largest absolute Gasteiger partial charge is 0.370 e. The molecule has 2 aromatic carbocycles. The minimum atomic E-state index is -0.172. The molecule has 33 heavy (non-hydrogen) atoms. The summed E-state index contributed by atoms with van der Waals surface area (Å²) in [5.74, 6) is 0.00607. The zero-order valence-electron chi connectivity index (χ0n) is 18.7. The van der Waals surface area contributed by atoms with Crippen molar-refractivity contribution in [2.75, 3.05) is 19.6 Å². The first kappa shape index (κ1) is 21.6. The molecule has 6 heteroatoms. The van der Waals surface area contributed by atoms with Gasteiger partial charge in [0.05, 0.1) is 18.1 Å². The van der Waals surface area contributed by atoms with Crippen molar-refractivity contribution in [3.05, 3.63) is 78.1 Å². The Morgan fingerprint density at radius 2 is 1.79 bits per heavy atom. The monoisotopic (exact) mass is 443 g/mol. The highest BCUT2D eigenvalue weighted by Gasteiger charge is 2.43. The molecule has 2 aliphatic rings. The summed E-state index contributed by atoms with van der Waals surface area (Å²) >= 11 is 0. The summed E-state index contributed by atoms with van der Waals surface area (Å²) in [5.41, 5.74) is 1.31. The van der Waals surface area contributed by atoms with E-state index >= 15 is 0 Å². The molecule has 0 unspecified atom stereocenters. The second-order valence-electron chi connectivity index (χ2n) is 9.13. The molecule has 5 rings (SSSR count). The zero-order chi connectivity index (χ0) is 22.7. The van der Waals surface area contributed by atoms with Crippen LogP contribution in [-0.4, -0.2) is 53.0 Å². The van der Waals surface area contributed by atoms with Gasteiger partial charge in [0.25, 0.3) is 5.91 Å². The second-order valence-corrected chi connectivity index (χ2v) is 9.13. The highest BCUT2D eigenvalue weighted by Crippen LogP contribution is 2.38. The Bertz CT molecular complexity index is 1140. The average Bonchev–Trinajstić information content (AvgIpc) is 3.25. The summed E-state index contributed by atoms with van der Waals surface area (Å²) in [6.07, 6.45) is 5.66. The molecule has 3 heterocycles. The number of nitrogens with one attached hydrogen (secondary N) is 1. The summed E-state index contributed by atoms with van der Waals surface area (Å²) < 4.78 is 6.40. The highest BCUT2D eigenvalue weighted by atomic mass is 16.5. The van der Waals surface area contributed by atoms with Gasteiger partial charge in [-0.3, -0.25) is 14.6 Å². The van der Waals surface area contributed by atoms with E-state index in [4.69, 9.17) is 4.74 Å². The lowest BCUT2D eigenvalue weighted by molar-refractivity contribution is -0.136. The van der Waals surface area contributed by atoms with Gasteiger partial charge in [-0.2, -0.15) is 0 Å². The third-order valence-corrected chi connectivity index (χ3v) is 6.92. The van der Waals surface area contributed by atoms with Gasteiger partial charge in [0.1, 0.15) is 5.69 Å². The maximum absolute atomic E-state index is 12.9. The van der Waals surface area contributed by atoms with Crippen molar-refractivity contribution in [1.82, 2.24) is 15.2 Å². The quantitative estimate of drug-likeness (QED) is 0.652. The number of aromatic nitrogens is 1. The van der Waals surface area contributed by atoms with Gasteiger partial charge in [-0.25, -0.2) is 0 Å². The summed E-state index contributed by atoms with van der Waals surface area (Å²) in [6, 6.07) is 19.8. The fourth-order valence-corrected chi connectivity index (χ4v) is 5.00. The van der Waals surface area contributed by atoms with Crippen LogP contribution < -0.4 is 5.32 Å². The molecule has 0 aliphatic carbocycles.